The highest BCUT2D eigenvalue weighted by Gasteiger charge is 2.51. The Bertz CT molecular complexity index is 3560. The summed E-state index contributed by atoms with van der Waals surface area (Å²) in [7, 11) is 0. The number of fused-ring (bicyclic) bond motifs is 16. The van der Waals surface area contributed by atoms with E-state index in [1.54, 1.807) is 0 Å². The van der Waals surface area contributed by atoms with Gasteiger partial charge in [-0.3, -0.25) is 5.32 Å². The van der Waals surface area contributed by atoms with Crippen molar-refractivity contribution in [3.63, 3.8) is 0 Å². The van der Waals surface area contributed by atoms with Gasteiger partial charge in [0, 0.05) is 44.1 Å². The second-order valence-corrected chi connectivity index (χ2v) is 17.2. The van der Waals surface area contributed by atoms with Gasteiger partial charge in [0.05, 0.1) is 33.5 Å². The van der Waals surface area contributed by atoms with Crippen LogP contribution >= 0.6 is 0 Å². The summed E-state index contributed by atoms with van der Waals surface area (Å²) >= 11 is 0. The second kappa shape index (κ2) is 12.7. The third kappa shape index (κ3) is 4.50. The van der Waals surface area contributed by atoms with Crippen molar-refractivity contribution in [3.8, 4) is 22.6 Å². The lowest BCUT2D eigenvalue weighted by molar-refractivity contribution is 0.417. The first-order valence-corrected chi connectivity index (χ1v) is 21.8. The summed E-state index contributed by atoms with van der Waals surface area (Å²) in [4.78, 5) is 0. The maximum absolute atomic E-state index is 6.69. The Morgan fingerprint density at radius 3 is 2.02 bits per heavy atom. The molecule has 62 heavy (non-hydrogen) atoms. The first-order valence-electron chi connectivity index (χ1n) is 21.8. The largest absolute Gasteiger partial charge is 0.457 e. The quantitative estimate of drug-likeness (QED) is 0.187. The monoisotopic (exact) mass is 796 g/mol. The van der Waals surface area contributed by atoms with Crippen molar-refractivity contribution in [2.24, 2.45) is 0 Å². The van der Waals surface area contributed by atoms with Crippen molar-refractivity contribution < 1.29 is 4.74 Å². The molecule has 2 aromatic heterocycles. The molecule has 8 aromatic carbocycles. The maximum atomic E-state index is 6.69. The second-order valence-electron chi connectivity index (χ2n) is 17.2. The van der Waals surface area contributed by atoms with E-state index < -0.39 is 5.41 Å². The summed E-state index contributed by atoms with van der Waals surface area (Å²) in [5.41, 5.74) is 16.7. The van der Waals surface area contributed by atoms with E-state index in [1.165, 1.54) is 93.8 Å². The molecule has 294 valence electrons. The highest BCUT2D eigenvalue weighted by Crippen LogP contribution is 2.62. The molecular weight excluding hydrogens is 757 g/mol. The van der Waals surface area contributed by atoms with Gasteiger partial charge in [0.1, 0.15) is 11.5 Å². The minimum absolute atomic E-state index is 0.0796. The predicted molar refractivity (Wildman–Crippen MR) is 253 cm³/mol. The fraction of sp³-hybridized carbons (Fsp3) is 0.0877. The molecule has 2 N–H and O–H groups in total. The Labute approximate surface area is 358 Å². The van der Waals surface area contributed by atoms with E-state index in [0.717, 1.165) is 30.0 Å². The van der Waals surface area contributed by atoms with Crippen LogP contribution in [0.15, 0.2) is 194 Å². The summed E-state index contributed by atoms with van der Waals surface area (Å²) in [5, 5.41) is 13.2. The lowest BCUT2D eigenvalue weighted by atomic mass is 9.66. The molecule has 4 heterocycles. The van der Waals surface area contributed by atoms with E-state index in [-0.39, 0.29) is 12.3 Å². The number of benzene rings is 8. The first-order chi connectivity index (χ1) is 30.8. The predicted octanol–water partition coefficient (Wildman–Crippen LogP) is 13.8. The van der Waals surface area contributed by atoms with Crippen LogP contribution in [-0.2, 0) is 5.41 Å². The van der Waals surface area contributed by atoms with Crippen LogP contribution in [0.4, 0.5) is 5.69 Å². The summed E-state index contributed by atoms with van der Waals surface area (Å²) in [5.74, 6) is 1.80. The molecule has 0 fully saturated rings. The van der Waals surface area contributed by atoms with E-state index in [0.29, 0.717) is 0 Å². The van der Waals surface area contributed by atoms with Crippen LogP contribution in [0, 0.1) is 0 Å². The molecule has 2 aliphatic carbocycles. The van der Waals surface area contributed by atoms with Crippen molar-refractivity contribution in [2.45, 2.75) is 30.6 Å². The van der Waals surface area contributed by atoms with Crippen LogP contribution in [0.5, 0.6) is 11.5 Å². The van der Waals surface area contributed by atoms with Gasteiger partial charge in [-0.15, -0.1) is 0 Å². The molecule has 0 amide bonds. The van der Waals surface area contributed by atoms with Crippen LogP contribution < -0.4 is 15.4 Å². The molecule has 14 rings (SSSR count). The van der Waals surface area contributed by atoms with Crippen LogP contribution in [0.3, 0.4) is 0 Å². The molecule has 4 aliphatic rings. The lowest BCUT2D eigenvalue weighted by Crippen LogP contribution is -2.40. The SMILES string of the molecule is C1=CCCC(n2c3ccccc3c3ccc(C4NC(n5c6ccccc6c6cc7c(cc65)C5(c6ccccc6Oc6ccccc65)c5ccccc5-7)Nc5ccccc54)cc32)=C1. The molecule has 5 heteroatoms. The normalized spacial score (nSPS) is 17.9. The Morgan fingerprint density at radius 2 is 1.21 bits per heavy atom. The number of hydrogen-bond donors (Lipinski definition) is 2. The summed E-state index contributed by atoms with van der Waals surface area (Å²) in [6, 6.07) is 64.8. The fourth-order valence-corrected chi connectivity index (χ4v) is 11.6. The summed E-state index contributed by atoms with van der Waals surface area (Å²) in [6.07, 6.45) is 8.56. The molecular formula is C57H40N4O. The zero-order chi connectivity index (χ0) is 40.5. The lowest BCUT2D eigenvalue weighted by Gasteiger charge is -2.39. The number of aromatic nitrogens is 2. The standard InChI is InChI=1S/C57H40N4O/c1-2-16-36(17-3-1)60-49-26-12-6-19-38(49)40-31-30-35(32-51(40)60)55-41-21-5-11-25-48(41)58-56(59-55)61-50-27-13-7-20-39(50)43-33-42-37-18-4-8-22-44(37)57(47(42)34-52(43)61)45-23-9-14-28-53(45)62-54-29-15-10-24-46(54)57/h1-2,4-16,18-34,55-56,58-59H,3,17H2. The molecule has 2 unspecified atom stereocenters. The Hall–Kier alpha value is -7.60. The Morgan fingerprint density at radius 1 is 0.532 bits per heavy atom. The zero-order valence-electron chi connectivity index (χ0n) is 33.8. The van der Waals surface area contributed by atoms with Gasteiger partial charge in [0.25, 0.3) is 0 Å². The molecule has 2 aliphatic heterocycles. The van der Waals surface area contributed by atoms with Gasteiger partial charge in [-0.25, -0.2) is 0 Å². The molecule has 0 saturated heterocycles. The van der Waals surface area contributed by atoms with E-state index in [9.17, 15) is 0 Å². The molecule has 0 radical (unpaired) electrons. The van der Waals surface area contributed by atoms with E-state index >= 15 is 0 Å². The average molecular weight is 797 g/mol. The third-order valence-electron chi connectivity index (χ3n) is 14.1. The average Bonchev–Trinajstić information content (AvgIpc) is 3.94. The fourth-order valence-electron chi connectivity index (χ4n) is 11.6. The topological polar surface area (TPSA) is 43.1 Å². The van der Waals surface area contributed by atoms with E-state index in [1.807, 2.05) is 0 Å². The number of rotatable bonds is 3. The number of nitrogens with zero attached hydrogens (tertiary/aromatic N) is 2. The van der Waals surface area contributed by atoms with Gasteiger partial charge in [-0.05, 0) is 101 Å². The van der Waals surface area contributed by atoms with Gasteiger partial charge < -0.3 is 19.2 Å². The van der Waals surface area contributed by atoms with E-state index in [2.05, 4.69) is 214 Å². The highest BCUT2D eigenvalue weighted by molar-refractivity contribution is 6.12. The molecule has 1 spiro atoms. The van der Waals surface area contributed by atoms with Crippen molar-refractivity contribution in [3.05, 3.63) is 228 Å². The molecule has 2 atom stereocenters. The summed E-state index contributed by atoms with van der Waals surface area (Å²) in [6.45, 7) is 0. The number of para-hydroxylation sites is 5. The number of hydrogen-bond acceptors (Lipinski definition) is 3. The van der Waals surface area contributed by atoms with Crippen LogP contribution in [0.2, 0.25) is 0 Å². The minimum atomic E-state index is -0.563. The van der Waals surface area contributed by atoms with Gasteiger partial charge in [-0.2, -0.15) is 0 Å². The van der Waals surface area contributed by atoms with Crippen LogP contribution in [0.25, 0.3) is 60.4 Å². The molecule has 5 nitrogen and oxygen atoms in total. The smallest absolute Gasteiger partial charge is 0.160 e. The van der Waals surface area contributed by atoms with Gasteiger partial charge in [0.15, 0.2) is 6.29 Å². The van der Waals surface area contributed by atoms with Gasteiger partial charge in [0.2, 0.25) is 0 Å². The minimum Gasteiger partial charge on any atom is -0.457 e. The number of anilines is 1. The molecule has 10 aromatic rings. The Kier molecular flexibility index (Phi) is 7.00. The maximum Gasteiger partial charge on any atom is 0.160 e. The number of nitrogens with one attached hydrogen (secondary N) is 2. The van der Waals surface area contributed by atoms with Crippen molar-refractivity contribution in [2.75, 3.05) is 5.32 Å². The molecule has 0 saturated carbocycles. The van der Waals surface area contributed by atoms with E-state index in [4.69, 9.17) is 4.74 Å². The molecule has 0 bridgehead atoms. The zero-order valence-corrected chi connectivity index (χ0v) is 33.8. The summed E-state index contributed by atoms with van der Waals surface area (Å²) < 4.78 is 11.7. The van der Waals surface area contributed by atoms with Gasteiger partial charge >= 0.3 is 0 Å². The van der Waals surface area contributed by atoms with Crippen molar-refractivity contribution in [1.29, 1.82) is 0 Å². The number of ether oxygens (including phenoxy) is 1. The number of allylic oxidation sites excluding steroid dienone is 4. The third-order valence-corrected chi connectivity index (χ3v) is 14.1. The Balaban J connectivity index is 1.00. The van der Waals surface area contributed by atoms with Crippen LogP contribution in [-0.4, -0.2) is 9.13 Å². The highest BCUT2D eigenvalue weighted by atomic mass is 16.5. The van der Waals surface area contributed by atoms with Crippen molar-refractivity contribution >= 4 is 55.0 Å². The van der Waals surface area contributed by atoms with Crippen molar-refractivity contribution in [1.82, 2.24) is 14.5 Å². The van der Waals surface area contributed by atoms with Crippen LogP contribution in [0.1, 0.15) is 58.6 Å². The first kappa shape index (κ1) is 34.1. The van der Waals surface area contributed by atoms with Gasteiger partial charge in [-0.1, -0.05) is 140 Å².